The average molecular weight is 421 g/mol. The van der Waals surface area contributed by atoms with E-state index in [2.05, 4.69) is 22.5 Å². The summed E-state index contributed by atoms with van der Waals surface area (Å²) < 4.78 is 18.8. The molecule has 2 rings (SSSR count). The first-order chi connectivity index (χ1) is 10.1. The quantitative estimate of drug-likeness (QED) is 0.437. The van der Waals surface area contributed by atoms with E-state index in [1.54, 1.807) is 19.2 Å². The van der Waals surface area contributed by atoms with E-state index < -0.39 is 0 Å². The van der Waals surface area contributed by atoms with Gasteiger partial charge in [0.25, 0.3) is 0 Å². The third-order valence-corrected chi connectivity index (χ3v) is 3.75. The summed E-state index contributed by atoms with van der Waals surface area (Å²) in [5, 5.41) is 6.53. The lowest BCUT2D eigenvalue weighted by Gasteiger charge is -2.24. The fraction of sp³-hybridized carbons (Fsp3) is 0.562. The maximum absolute atomic E-state index is 13.1. The Labute approximate surface area is 148 Å². The Morgan fingerprint density at radius 1 is 1.41 bits per heavy atom. The highest BCUT2D eigenvalue weighted by Gasteiger charge is 2.29. The Morgan fingerprint density at radius 2 is 2.23 bits per heavy atom. The van der Waals surface area contributed by atoms with Crippen LogP contribution in [0.2, 0.25) is 0 Å². The molecule has 0 radical (unpaired) electrons. The van der Waals surface area contributed by atoms with Crippen LogP contribution in [0.1, 0.15) is 25.3 Å². The number of benzene rings is 1. The number of rotatable bonds is 5. The maximum atomic E-state index is 13.1. The molecular formula is C16H25FIN3O. The lowest BCUT2D eigenvalue weighted by molar-refractivity contribution is 0.0243. The molecule has 0 aromatic heterocycles. The van der Waals surface area contributed by atoms with Crippen molar-refractivity contribution < 1.29 is 9.13 Å². The second kappa shape index (κ2) is 9.29. The normalized spacial score (nSPS) is 21.3. The van der Waals surface area contributed by atoms with Crippen LogP contribution in [-0.4, -0.2) is 38.3 Å². The molecule has 4 nitrogen and oxygen atoms in total. The van der Waals surface area contributed by atoms with Crippen molar-refractivity contribution in [2.75, 3.05) is 26.7 Å². The van der Waals surface area contributed by atoms with Gasteiger partial charge in [0.2, 0.25) is 0 Å². The Bertz CT molecular complexity index is 490. The summed E-state index contributed by atoms with van der Waals surface area (Å²) in [6, 6.07) is 6.68. The highest BCUT2D eigenvalue weighted by molar-refractivity contribution is 14.0. The van der Waals surface area contributed by atoms with Crippen LogP contribution in [0.25, 0.3) is 0 Å². The van der Waals surface area contributed by atoms with E-state index in [0.717, 1.165) is 43.9 Å². The van der Waals surface area contributed by atoms with Gasteiger partial charge in [0, 0.05) is 26.7 Å². The van der Waals surface area contributed by atoms with E-state index in [4.69, 9.17) is 4.74 Å². The summed E-state index contributed by atoms with van der Waals surface area (Å²) in [4.78, 5) is 4.19. The third kappa shape index (κ3) is 6.08. The van der Waals surface area contributed by atoms with Crippen LogP contribution < -0.4 is 10.6 Å². The summed E-state index contributed by atoms with van der Waals surface area (Å²) >= 11 is 0. The average Bonchev–Trinajstić information content (AvgIpc) is 2.90. The molecule has 124 valence electrons. The lowest BCUT2D eigenvalue weighted by atomic mass is 10.0. The minimum absolute atomic E-state index is 0. The van der Waals surface area contributed by atoms with Crippen molar-refractivity contribution in [3.63, 3.8) is 0 Å². The molecule has 0 amide bonds. The molecule has 1 heterocycles. The van der Waals surface area contributed by atoms with Crippen LogP contribution in [0.15, 0.2) is 29.3 Å². The molecule has 1 aliphatic rings. The van der Waals surface area contributed by atoms with Gasteiger partial charge in [-0.05, 0) is 43.9 Å². The molecule has 22 heavy (non-hydrogen) atoms. The second-order valence-electron chi connectivity index (χ2n) is 5.63. The second-order valence-corrected chi connectivity index (χ2v) is 5.63. The molecule has 0 bridgehead atoms. The maximum Gasteiger partial charge on any atom is 0.191 e. The predicted molar refractivity (Wildman–Crippen MR) is 98.5 cm³/mol. The fourth-order valence-electron chi connectivity index (χ4n) is 2.49. The van der Waals surface area contributed by atoms with E-state index in [1.807, 2.05) is 6.07 Å². The molecule has 1 aliphatic heterocycles. The zero-order valence-electron chi connectivity index (χ0n) is 13.2. The zero-order valence-corrected chi connectivity index (χ0v) is 15.5. The van der Waals surface area contributed by atoms with Crippen LogP contribution in [0.3, 0.4) is 0 Å². The van der Waals surface area contributed by atoms with Gasteiger partial charge in [0.05, 0.1) is 5.60 Å². The van der Waals surface area contributed by atoms with Gasteiger partial charge in [0.15, 0.2) is 5.96 Å². The van der Waals surface area contributed by atoms with Crippen molar-refractivity contribution in [1.29, 1.82) is 0 Å². The highest BCUT2D eigenvalue weighted by atomic mass is 127. The Morgan fingerprint density at radius 3 is 2.86 bits per heavy atom. The molecule has 2 N–H and O–H groups in total. The van der Waals surface area contributed by atoms with Gasteiger partial charge in [0.1, 0.15) is 5.82 Å². The summed E-state index contributed by atoms with van der Waals surface area (Å²) in [5.41, 5.74) is 0.879. The number of guanidine groups is 1. The van der Waals surface area contributed by atoms with Crippen molar-refractivity contribution in [1.82, 2.24) is 10.6 Å². The Balaban J connectivity index is 0.00000242. The Hall–Kier alpha value is -0.890. The highest BCUT2D eigenvalue weighted by Crippen LogP contribution is 2.23. The topological polar surface area (TPSA) is 45.7 Å². The zero-order chi connectivity index (χ0) is 15.1. The number of hydrogen-bond donors (Lipinski definition) is 2. The predicted octanol–water partition coefficient (Wildman–Crippen LogP) is 2.72. The minimum Gasteiger partial charge on any atom is -0.373 e. The molecule has 0 aliphatic carbocycles. The molecule has 1 aromatic rings. The van der Waals surface area contributed by atoms with E-state index in [0.29, 0.717) is 6.54 Å². The molecule has 1 aromatic carbocycles. The molecule has 1 saturated heterocycles. The van der Waals surface area contributed by atoms with Gasteiger partial charge in [-0.2, -0.15) is 0 Å². The van der Waals surface area contributed by atoms with Crippen molar-refractivity contribution in [3.8, 4) is 0 Å². The number of aliphatic imine (C=N–C) groups is 1. The summed E-state index contributed by atoms with van der Waals surface area (Å²) in [6.45, 7) is 4.41. The first-order valence-corrected chi connectivity index (χ1v) is 7.44. The van der Waals surface area contributed by atoms with Gasteiger partial charge < -0.3 is 15.4 Å². The molecule has 1 atom stereocenters. The van der Waals surface area contributed by atoms with Gasteiger partial charge in [-0.25, -0.2) is 4.39 Å². The summed E-state index contributed by atoms with van der Waals surface area (Å²) in [5.74, 6) is 0.560. The largest absolute Gasteiger partial charge is 0.373 e. The first kappa shape index (κ1) is 19.2. The van der Waals surface area contributed by atoms with Crippen molar-refractivity contribution in [2.24, 2.45) is 4.99 Å². The Kier molecular flexibility index (Phi) is 8.09. The van der Waals surface area contributed by atoms with E-state index in [-0.39, 0.29) is 35.4 Å². The van der Waals surface area contributed by atoms with Crippen molar-refractivity contribution in [3.05, 3.63) is 35.6 Å². The van der Waals surface area contributed by atoms with Gasteiger partial charge in [-0.3, -0.25) is 4.99 Å². The number of ether oxygens (including phenoxy) is 1. The molecule has 1 fully saturated rings. The molecule has 0 saturated carbocycles. The lowest BCUT2D eigenvalue weighted by Crippen LogP contribution is -2.45. The van der Waals surface area contributed by atoms with Gasteiger partial charge >= 0.3 is 0 Å². The van der Waals surface area contributed by atoms with Crippen molar-refractivity contribution >= 4 is 29.9 Å². The number of nitrogens with zero attached hydrogens (tertiary/aromatic N) is 1. The number of halogens is 2. The van der Waals surface area contributed by atoms with Gasteiger partial charge in [-0.15, -0.1) is 24.0 Å². The van der Waals surface area contributed by atoms with E-state index >= 15 is 0 Å². The summed E-state index contributed by atoms with van der Waals surface area (Å²) in [7, 11) is 1.75. The van der Waals surface area contributed by atoms with Crippen LogP contribution in [0.4, 0.5) is 4.39 Å². The monoisotopic (exact) mass is 421 g/mol. The third-order valence-electron chi connectivity index (χ3n) is 3.75. The van der Waals surface area contributed by atoms with Gasteiger partial charge in [-0.1, -0.05) is 12.1 Å². The minimum atomic E-state index is -0.193. The van der Waals surface area contributed by atoms with Crippen molar-refractivity contribution in [2.45, 2.75) is 31.8 Å². The molecule has 1 unspecified atom stereocenters. The standard InChI is InChI=1S/C16H24FN3O.HI/c1-16(8-4-10-21-16)12-20-15(18-2)19-9-7-13-5-3-6-14(17)11-13;/h3,5-6,11H,4,7-10,12H2,1-2H3,(H2,18,19,20);1H. The summed E-state index contributed by atoms with van der Waals surface area (Å²) in [6.07, 6.45) is 2.94. The van der Waals surface area contributed by atoms with Crippen LogP contribution >= 0.6 is 24.0 Å². The van der Waals surface area contributed by atoms with Crippen LogP contribution in [0, 0.1) is 5.82 Å². The SMILES string of the molecule is CN=C(NCCc1cccc(F)c1)NCC1(C)CCCO1.I. The van der Waals surface area contributed by atoms with Crippen LogP contribution in [0.5, 0.6) is 0 Å². The number of hydrogen-bond acceptors (Lipinski definition) is 2. The smallest absolute Gasteiger partial charge is 0.191 e. The molecule has 0 spiro atoms. The molecule has 6 heteroatoms. The van der Waals surface area contributed by atoms with Crippen LogP contribution in [-0.2, 0) is 11.2 Å². The van der Waals surface area contributed by atoms with E-state index in [1.165, 1.54) is 6.07 Å². The first-order valence-electron chi connectivity index (χ1n) is 7.44. The van der Waals surface area contributed by atoms with E-state index in [9.17, 15) is 4.39 Å². The number of nitrogens with one attached hydrogen (secondary N) is 2. The fourth-order valence-corrected chi connectivity index (χ4v) is 2.49. The molecular weight excluding hydrogens is 396 g/mol.